The Morgan fingerprint density at radius 2 is 2.07 bits per heavy atom. The molecule has 0 aliphatic carbocycles. The summed E-state index contributed by atoms with van der Waals surface area (Å²) in [6.45, 7) is 0. The van der Waals surface area contributed by atoms with E-state index in [1.807, 2.05) is 24.3 Å². The third kappa shape index (κ3) is 4.08. The Morgan fingerprint density at radius 1 is 1.30 bits per heavy atom. The monoisotopic (exact) mass is 396 g/mol. The molecule has 0 bridgehead atoms. The molecule has 0 atom stereocenters. The van der Waals surface area contributed by atoms with E-state index in [0.717, 1.165) is 22.0 Å². The zero-order valence-electron chi connectivity index (χ0n) is 14.0. The molecule has 2 aromatic heterocycles. The summed E-state index contributed by atoms with van der Waals surface area (Å²) >= 11 is 2.40. The number of nitrogen functional groups attached to an aromatic ring is 1. The van der Waals surface area contributed by atoms with Gasteiger partial charge in [-0.05, 0) is 24.3 Å². The number of thiazole rings is 1. The second-order valence-corrected chi connectivity index (χ2v) is 7.18. The highest BCUT2D eigenvalue weighted by atomic mass is 32.2. The van der Waals surface area contributed by atoms with Gasteiger partial charge in [-0.15, -0.1) is 0 Å². The lowest BCUT2D eigenvalue weighted by atomic mass is 10.2. The summed E-state index contributed by atoms with van der Waals surface area (Å²) < 4.78 is 6.07. The molecule has 8 nitrogen and oxygen atoms in total. The highest BCUT2D eigenvalue weighted by molar-refractivity contribution is 8.00. The number of amides is 1. The molecule has 0 saturated carbocycles. The van der Waals surface area contributed by atoms with Gasteiger partial charge in [0.25, 0.3) is 0 Å². The summed E-state index contributed by atoms with van der Waals surface area (Å²) in [6.07, 6.45) is 0. The molecular weight excluding hydrogens is 384 g/mol. The zero-order valence-corrected chi connectivity index (χ0v) is 15.6. The normalized spacial score (nSPS) is 10.2. The molecule has 10 heteroatoms. The van der Waals surface area contributed by atoms with Crippen molar-refractivity contribution >= 4 is 50.2 Å². The van der Waals surface area contributed by atoms with Gasteiger partial charge in [-0.3, -0.25) is 4.79 Å². The van der Waals surface area contributed by atoms with Gasteiger partial charge in [0.05, 0.1) is 34.2 Å². The molecule has 1 amide bonds. The topological polar surface area (TPSA) is 138 Å². The standard InChI is InChI=1S/C17H12N6O2S2/c1-25-11-2-3-12-13(5-11)27-17(21-12)22-14(24)8-26-16-10(7-19)4-9(6-18)15(20)23-16/h2-5H,8H2,1H3,(H2,20,23)(H,21,22,24). The van der Waals surface area contributed by atoms with Crippen molar-refractivity contribution in [3.05, 3.63) is 35.4 Å². The second kappa shape index (κ2) is 7.91. The first-order valence-corrected chi connectivity index (χ1v) is 9.32. The van der Waals surface area contributed by atoms with Crippen molar-refractivity contribution < 1.29 is 9.53 Å². The SMILES string of the molecule is COc1ccc2nc(NC(=O)CSc3nc(N)c(C#N)cc3C#N)sc2c1. The number of thioether (sulfide) groups is 1. The van der Waals surface area contributed by atoms with Crippen molar-refractivity contribution in [3.8, 4) is 17.9 Å². The van der Waals surface area contributed by atoms with E-state index in [-0.39, 0.29) is 28.6 Å². The molecule has 0 saturated heterocycles. The number of carbonyl (C=O) groups is 1. The number of nitriles is 2. The zero-order chi connectivity index (χ0) is 19.4. The predicted molar refractivity (Wildman–Crippen MR) is 104 cm³/mol. The number of nitrogens with one attached hydrogen (secondary N) is 1. The van der Waals surface area contributed by atoms with Crippen molar-refractivity contribution in [3.63, 3.8) is 0 Å². The summed E-state index contributed by atoms with van der Waals surface area (Å²) in [4.78, 5) is 20.6. The van der Waals surface area contributed by atoms with E-state index in [9.17, 15) is 10.1 Å². The van der Waals surface area contributed by atoms with E-state index in [4.69, 9.17) is 15.7 Å². The molecule has 134 valence electrons. The number of benzene rings is 1. The number of carbonyl (C=O) groups excluding carboxylic acids is 1. The number of methoxy groups -OCH3 is 1. The smallest absolute Gasteiger partial charge is 0.236 e. The van der Waals surface area contributed by atoms with Crippen LogP contribution in [-0.4, -0.2) is 28.7 Å². The van der Waals surface area contributed by atoms with E-state index in [1.165, 1.54) is 17.4 Å². The number of ether oxygens (including phenoxy) is 1. The Morgan fingerprint density at radius 3 is 2.78 bits per heavy atom. The molecule has 0 aliphatic heterocycles. The number of rotatable bonds is 5. The molecular formula is C17H12N6O2S2. The fraction of sp³-hybridized carbons (Fsp3) is 0.118. The highest BCUT2D eigenvalue weighted by Gasteiger charge is 2.14. The largest absolute Gasteiger partial charge is 0.497 e. The minimum atomic E-state index is -0.292. The van der Waals surface area contributed by atoms with Crippen molar-refractivity contribution in [2.24, 2.45) is 0 Å². The maximum atomic E-state index is 12.2. The van der Waals surface area contributed by atoms with Crippen LogP contribution in [0.15, 0.2) is 29.3 Å². The Balaban J connectivity index is 1.69. The number of hydrogen-bond donors (Lipinski definition) is 2. The van der Waals surface area contributed by atoms with Crippen LogP contribution in [0.1, 0.15) is 11.1 Å². The van der Waals surface area contributed by atoms with Crippen LogP contribution in [0.4, 0.5) is 10.9 Å². The van der Waals surface area contributed by atoms with Gasteiger partial charge in [0.15, 0.2) is 5.13 Å². The molecule has 27 heavy (non-hydrogen) atoms. The lowest BCUT2D eigenvalue weighted by molar-refractivity contribution is -0.113. The first kappa shape index (κ1) is 18.5. The molecule has 0 aliphatic rings. The molecule has 0 unspecified atom stereocenters. The van der Waals surface area contributed by atoms with Crippen LogP contribution in [0.25, 0.3) is 10.2 Å². The Kier molecular flexibility index (Phi) is 5.41. The van der Waals surface area contributed by atoms with E-state index < -0.39 is 0 Å². The van der Waals surface area contributed by atoms with Gasteiger partial charge in [-0.2, -0.15) is 10.5 Å². The fourth-order valence-electron chi connectivity index (χ4n) is 2.16. The van der Waals surface area contributed by atoms with E-state index in [0.29, 0.717) is 15.9 Å². The Labute approximate surface area is 162 Å². The number of nitrogens with zero attached hydrogens (tertiary/aromatic N) is 4. The first-order valence-electron chi connectivity index (χ1n) is 7.52. The minimum Gasteiger partial charge on any atom is -0.497 e. The number of aromatic nitrogens is 2. The predicted octanol–water partition coefficient (Wildman–Crippen LogP) is 2.76. The maximum Gasteiger partial charge on any atom is 0.236 e. The van der Waals surface area contributed by atoms with Crippen LogP contribution >= 0.6 is 23.1 Å². The molecule has 1 aromatic carbocycles. The number of nitrogens with two attached hydrogens (primary N) is 1. The summed E-state index contributed by atoms with van der Waals surface area (Å²) in [5.41, 5.74) is 6.77. The maximum absolute atomic E-state index is 12.2. The fourth-order valence-corrected chi connectivity index (χ4v) is 3.84. The summed E-state index contributed by atoms with van der Waals surface area (Å²) in [5.74, 6) is 0.471. The van der Waals surface area contributed by atoms with Crippen molar-refractivity contribution in [1.82, 2.24) is 9.97 Å². The average Bonchev–Trinajstić information content (AvgIpc) is 3.07. The van der Waals surface area contributed by atoms with E-state index in [2.05, 4.69) is 15.3 Å². The average molecular weight is 396 g/mol. The lowest BCUT2D eigenvalue weighted by Gasteiger charge is -2.05. The molecule has 3 rings (SSSR count). The lowest BCUT2D eigenvalue weighted by Crippen LogP contribution is -2.14. The molecule has 0 spiro atoms. The molecule has 0 radical (unpaired) electrons. The summed E-state index contributed by atoms with van der Waals surface area (Å²) in [7, 11) is 1.58. The van der Waals surface area contributed by atoms with Gasteiger partial charge in [0.1, 0.15) is 28.7 Å². The first-order chi connectivity index (χ1) is 13.0. The number of hydrogen-bond acceptors (Lipinski definition) is 9. The van der Waals surface area contributed by atoms with Crippen molar-refractivity contribution in [1.29, 1.82) is 10.5 Å². The summed E-state index contributed by atoms with van der Waals surface area (Å²) in [5, 5.41) is 21.6. The summed E-state index contributed by atoms with van der Waals surface area (Å²) in [6, 6.07) is 10.7. The van der Waals surface area contributed by atoms with Gasteiger partial charge in [0, 0.05) is 0 Å². The number of pyridine rings is 1. The quantitative estimate of drug-likeness (QED) is 0.628. The Bertz CT molecular complexity index is 1110. The molecule has 3 N–H and O–H groups in total. The molecule has 0 fully saturated rings. The van der Waals surface area contributed by atoms with Crippen molar-refractivity contribution in [2.75, 3.05) is 23.9 Å². The van der Waals surface area contributed by atoms with Gasteiger partial charge >= 0.3 is 0 Å². The second-order valence-electron chi connectivity index (χ2n) is 5.19. The van der Waals surface area contributed by atoms with E-state index >= 15 is 0 Å². The minimum absolute atomic E-state index is 0.0201. The third-order valence-corrected chi connectivity index (χ3v) is 5.36. The van der Waals surface area contributed by atoms with Gasteiger partial charge in [0.2, 0.25) is 5.91 Å². The van der Waals surface area contributed by atoms with Crippen LogP contribution in [0, 0.1) is 22.7 Å². The van der Waals surface area contributed by atoms with Gasteiger partial charge in [-0.25, -0.2) is 9.97 Å². The van der Waals surface area contributed by atoms with Gasteiger partial charge < -0.3 is 15.8 Å². The third-order valence-electron chi connectivity index (χ3n) is 3.44. The van der Waals surface area contributed by atoms with Crippen LogP contribution < -0.4 is 15.8 Å². The van der Waals surface area contributed by atoms with Crippen LogP contribution in [0.3, 0.4) is 0 Å². The van der Waals surface area contributed by atoms with Crippen molar-refractivity contribution in [2.45, 2.75) is 5.03 Å². The molecule has 3 aromatic rings. The molecule has 2 heterocycles. The number of anilines is 2. The van der Waals surface area contributed by atoms with Crippen LogP contribution in [0.5, 0.6) is 5.75 Å². The van der Waals surface area contributed by atoms with E-state index in [1.54, 1.807) is 13.2 Å². The van der Waals surface area contributed by atoms with Gasteiger partial charge in [-0.1, -0.05) is 23.1 Å². The Hall–Kier alpha value is -3.34. The number of fused-ring (bicyclic) bond motifs is 1. The van der Waals surface area contributed by atoms with Crippen LogP contribution in [0.2, 0.25) is 0 Å². The van der Waals surface area contributed by atoms with Crippen LogP contribution in [-0.2, 0) is 4.79 Å². The highest BCUT2D eigenvalue weighted by Crippen LogP contribution is 2.29.